The molecule has 0 bridgehead atoms. The van der Waals surface area contributed by atoms with Gasteiger partial charge in [0.25, 0.3) is 5.78 Å². The Bertz CT molecular complexity index is 1090. The van der Waals surface area contributed by atoms with E-state index >= 15 is 0 Å². The maximum atomic E-state index is 14.5. The Morgan fingerprint density at radius 3 is 2.79 bits per heavy atom. The first-order valence-electron chi connectivity index (χ1n) is 7.06. The summed E-state index contributed by atoms with van der Waals surface area (Å²) in [4.78, 5) is 4.36. The Balaban J connectivity index is 2.17. The lowest BCUT2D eigenvalue weighted by Crippen LogP contribution is -2.02. The summed E-state index contributed by atoms with van der Waals surface area (Å²) in [7, 11) is 1.68. The molecule has 0 aliphatic heterocycles. The van der Waals surface area contributed by atoms with Crippen molar-refractivity contribution in [3.05, 3.63) is 51.7 Å². The van der Waals surface area contributed by atoms with Crippen molar-refractivity contribution in [1.29, 1.82) is 0 Å². The molecule has 0 saturated heterocycles. The molecule has 0 amide bonds. The summed E-state index contributed by atoms with van der Waals surface area (Å²) in [5, 5.41) is 11.9. The van der Waals surface area contributed by atoms with Crippen LogP contribution >= 0.6 is 27.5 Å². The van der Waals surface area contributed by atoms with E-state index in [1.54, 1.807) is 17.5 Å². The van der Waals surface area contributed by atoms with E-state index in [9.17, 15) is 4.39 Å². The largest absolute Gasteiger partial charge is 0.372 e. The van der Waals surface area contributed by atoms with Crippen LogP contribution in [0.5, 0.6) is 0 Å². The summed E-state index contributed by atoms with van der Waals surface area (Å²) in [5.41, 5.74) is 1.38. The van der Waals surface area contributed by atoms with E-state index in [1.165, 1.54) is 6.07 Å². The van der Waals surface area contributed by atoms with Gasteiger partial charge in [0.05, 0.1) is 10.9 Å². The van der Waals surface area contributed by atoms with E-state index in [1.807, 2.05) is 24.3 Å². The molecule has 0 unspecified atom stereocenters. The van der Waals surface area contributed by atoms with Crippen LogP contribution in [0.1, 0.15) is 0 Å². The van der Waals surface area contributed by atoms with Gasteiger partial charge < -0.3 is 5.32 Å². The number of hydrogen-bond acceptors (Lipinski definition) is 4. The van der Waals surface area contributed by atoms with Crippen molar-refractivity contribution in [2.24, 2.45) is 0 Å². The fraction of sp³-hybridized carbons (Fsp3) is 0.0625. The summed E-state index contributed by atoms with van der Waals surface area (Å²) < 4.78 is 17.1. The lowest BCUT2D eigenvalue weighted by Gasteiger charge is -2.10. The molecule has 1 N–H and O–H groups in total. The summed E-state index contributed by atoms with van der Waals surface area (Å²) >= 11 is 9.51. The number of benzene rings is 2. The number of anilines is 1. The van der Waals surface area contributed by atoms with Gasteiger partial charge in [0.1, 0.15) is 11.6 Å². The third-order valence-electron chi connectivity index (χ3n) is 3.69. The van der Waals surface area contributed by atoms with Gasteiger partial charge in [-0.3, -0.25) is 4.40 Å². The standard InChI is InChI=1S/C16H10BrClFN5/c1-20-14-13-11(19)6-10(18)7-12(13)24-15(22-23-16(24)21-14)8-3-2-4-9(17)5-8/h2-7H,1H3,(H,20,21,23). The van der Waals surface area contributed by atoms with Gasteiger partial charge in [0.2, 0.25) is 0 Å². The number of nitrogens with one attached hydrogen (secondary N) is 1. The van der Waals surface area contributed by atoms with Crippen LogP contribution in [0.2, 0.25) is 5.02 Å². The van der Waals surface area contributed by atoms with E-state index in [-0.39, 0.29) is 0 Å². The molecule has 0 spiro atoms. The molecule has 0 aliphatic carbocycles. The lowest BCUT2D eigenvalue weighted by molar-refractivity contribution is 0.639. The van der Waals surface area contributed by atoms with Gasteiger partial charge in [-0.1, -0.05) is 39.7 Å². The molecule has 0 fully saturated rings. The second-order valence-electron chi connectivity index (χ2n) is 5.16. The SMILES string of the molecule is CNc1nc2nnc(-c3cccc(Br)c3)n2c2cc(Cl)cc(F)c12. The van der Waals surface area contributed by atoms with Gasteiger partial charge >= 0.3 is 0 Å². The average Bonchev–Trinajstić information content (AvgIpc) is 2.97. The van der Waals surface area contributed by atoms with Crippen LogP contribution in [0.25, 0.3) is 28.1 Å². The van der Waals surface area contributed by atoms with E-state index < -0.39 is 5.82 Å². The summed E-state index contributed by atoms with van der Waals surface area (Å²) in [5.74, 6) is 0.863. The summed E-state index contributed by atoms with van der Waals surface area (Å²) in [6.45, 7) is 0. The monoisotopic (exact) mass is 405 g/mol. The first-order chi connectivity index (χ1) is 11.6. The Labute approximate surface area is 149 Å². The molecule has 2 aromatic carbocycles. The quantitative estimate of drug-likeness (QED) is 0.531. The number of nitrogens with zero attached hydrogens (tertiary/aromatic N) is 4. The predicted molar refractivity (Wildman–Crippen MR) is 95.9 cm³/mol. The van der Waals surface area contributed by atoms with Crippen molar-refractivity contribution < 1.29 is 4.39 Å². The second kappa shape index (κ2) is 5.68. The van der Waals surface area contributed by atoms with Crippen LogP contribution in [0.3, 0.4) is 0 Å². The summed E-state index contributed by atoms with van der Waals surface area (Å²) in [6.07, 6.45) is 0. The molecular formula is C16H10BrClFN5. The van der Waals surface area contributed by atoms with Crippen LogP contribution in [-0.4, -0.2) is 26.6 Å². The van der Waals surface area contributed by atoms with Gasteiger partial charge in [-0.25, -0.2) is 4.39 Å². The molecule has 2 heterocycles. The Hall–Kier alpha value is -2.25. The lowest BCUT2D eigenvalue weighted by atomic mass is 10.2. The van der Waals surface area contributed by atoms with Crippen LogP contribution in [0, 0.1) is 5.82 Å². The molecule has 120 valence electrons. The zero-order valence-electron chi connectivity index (χ0n) is 12.4. The fourth-order valence-corrected chi connectivity index (χ4v) is 3.29. The number of rotatable bonds is 2. The maximum absolute atomic E-state index is 14.5. The van der Waals surface area contributed by atoms with Crippen molar-refractivity contribution >= 4 is 50.0 Å². The zero-order valence-corrected chi connectivity index (χ0v) is 14.7. The highest BCUT2D eigenvalue weighted by molar-refractivity contribution is 9.10. The van der Waals surface area contributed by atoms with Gasteiger partial charge in [-0.2, -0.15) is 4.98 Å². The molecule has 0 radical (unpaired) electrons. The second-order valence-corrected chi connectivity index (χ2v) is 6.51. The number of aromatic nitrogens is 4. The Morgan fingerprint density at radius 1 is 1.21 bits per heavy atom. The molecule has 4 rings (SSSR count). The molecule has 0 atom stereocenters. The number of fused-ring (bicyclic) bond motifs is 3. The zero-order chi connectivity index (χ0) is 16.8. The highest BCUT2D eigenvalue weighted by Gasteiger charge is 2.18. The molecule has 2 aromatic heterocycles. The minimum Gasteiger partial charge on any atom is -0.372 e. The van der Waals surface area contributed by atoms with E-state index in [2.05, 4.69) is 36.4 Å². The first kappa shape index (κ1) is 15.3. The fourth-order valence-electron chi connectivity index (χ4n) is 2.69. The molecule has 8 heteroatoms. The molecule has 24 heavy (non-hydrogen) atoms. The van der Waals surface area contributed by atoms with Crippen molar-refractivity contribution in [3.63, 3.8) is 0 Å². The molecule has 0 aliphatic rings. The van der Waals surface area contributed by atoms with Gasteiger partial charge in [-0.05, 0) is 24.3 Å². The topological polar surface area (TPSA) is 55.1 Å². The third-order valence-corrected chi connectivity index (χ3v) is 4.40. The molecule has 4 aromatic rings. The maximum Gasteiger partial charge on any atom is 0.257 e. The van der Waals surface area contributed by atoms with Crippen LogP contribution in [-0.2, 0) is 0 Å². The Morgan fingerprint density at radius 2 is 2.04 bits per heavy atom. The van der Waals surface area contributed by atoms with Crippen molar-refractivity contribution in [1.82, 2.24) is 19.6 Å². The number of hydrogen-bond donors (Lipinski definition) is 1. The minimum atomic E-state index is -0.454. The number of halogens is 3. The average molecular weight is 407 g/mol. The van der Waals surface area contributed by atoms with Gasteiger partial charge in [0.15, 0.2) is 5.82 Å². The smallest absolute Gasteiger partial charge is 0.257 e. The minimum absolute atomic E-state index is 0.295. The van der Waals surface area contributed by atoms with E-state index in [0.717, 1.165) is 10.0 Å². The van der Waals surface area contributed by atoms with Crippen molar-refractivity contribution in [3.8, 4) is 11.4 Å². The normalized spacial score (nSPS) is 11.3. The van der Waals surface area contributed by atoms with Crippen molar-refractivity contribution in [2.75, 3.05) is 12.4 Å². The van der Waals surface area contributed by atoms with Crippen LogP contribution < -0.4 is 5.32 Å². The van der Waals surface area contributed by atoms with Gasteiger partial charge in [0, 0.05) is 22.1 Å². The predicted octanol–water partition coefficient (Wildman–Crippen LogP) is 4.54. The highest BCUT2D eigenvalue weighted by atomic mass is 79.9. The molecule has 5 nitrogen and oxygen atoms in total. The molecule has 0 saturated carbocycles. The van der Waals surface area contributed by atoms with E-state index in [4.69, 9.17) is 11.6 Å². The van der Waals surface area contributed by atoms with Crippen molar-refractivity contribution in [2.45, 2.75) is 0 Å². The summed E-state index contributed by atoms with van der Waals surface area (Å²) in [6, 6.07) is 10.6. The third kappa shape index (κ3) is 2.32. The van der Waals surface area contributed by atoms with Crippen LogP contribution in [0.4, 0.5) is 10.2 Å². The first-order valence-corrected chi connectivity index (χ1v) is 8.23. The van der Waals surface area contributed by atoms with E-state index in [0.29, 0.717) is 33.3 Å². The highest BCUT2D eigenvalue weighted by Crippen LogP contribution is 2.31. The van der Waals surface area contributed by atoms with Crippen LogP contribution in [0.15, 0.2) is 40.9 Å². The molecular weight excluding hydrogens is 397 g/mol. The van der Waals surface area contributed by atoms with Gasteiger partial charge in [-0.15, -0.1) is 10.2 Å². The Kier molecular flexibility index (Phi) is 3.62.